The van der Waals surface area contributed by atoms with Crippen LogP contribution in [0.2, 0.25) is 0 Å². The van der Waals surface area contributed by atoms with Crippen LogP contribution in [-0.4, -0.2) is 17.3 Å². The third-order valence-electron chi connectivity index (χ3n) is 4.25. The van der Waals surface area contributed by atoms with Crippen LogP contribution in [0.5, 0.6) is 0 Å². The molecule has 1 aliphatic rings. The zero-order valence-electron chi connectivity index (χ0n) is 13.5. The number of hydrogen-bond donors (Lipinski definition) is 4. The highest BCUT2D eigenvalue weighted by molar-refractivity contribution is 5.96. The largest absolute Gasteiger partial charge is 0.370 e. The lowest BCUT2D eigenvalue weighted by molar-refractivity contribution is 0.266. The average molecular weight is 330 g/mol. The van der Waals surface area contributed by atoms with Gasteiger partial charge in [0.05, 0.1) is 5.69 Å². The van der Waals surface area contributed by atoms with E-state index in [0.717, 1.165) is 27.8 Å². The molecule has 1 aliphatic heterocycles. The second-order valence-electron chi connectivity index (χ2n) is 6.02. The zero-order chi connectivity index (χ0) is 17.4. The predicted molar refractivity (Wildman–Crippen MR) is 103 cm³/mol. The highest BCUT2D eigenvalue weighted by Gasteiger charge is 2.24. The fourth-order valence-electron chi connectivity index (χ4n) is 3.12. The van der Waals surface area contributed by atoms with E-state index < -0.39 is 6.23 Å². The molecule has 124 valence electrons. The van der Waals surface area contributed by atoms with Crippen molar-refractivity contribution in [3.8, 4) is 0 Å². The fourth-order valence-corrected chi connectivity index (χ4v) is 3.12. The summed E-state index contributed by atoms with van der Waals surface area (Å²) in [6.45, 7) is 0. The molecule has 4 rings (SSSR count). The van der Waals surface area contributed by atoms with E-state index in [1.54, 1.807) is 6.07 Å². The minimum Gasteiger partial charge on any atom is -0.370 e. The summed E-state index contributed by atoms with van der Waals surface area (Å²) in [6.07, 6.45) is 1.21. The molecule has 0 radical (unpaired) electrons. The molecule has 1 heterocycles. The number of aliphatic imine (C=N–C) groups is 1. The van der Waals surface area contributed by atoms with Crippen molar-refractivity contribution in [2.75, 3.05) is 5.32 Å². The van der Waals surface area contributed by atoms with E-state index >= 15 is 0 Å². The molecule has 0 amide bonds. The average Bonchev–Trinajstić information content (AvgIpc) is 2.90. The van der Waals surface area contributed by atoms with E-state index in [2.05, 4.69) is 34.6 Å². The predicted octanol–water partition coefficient (Wildman–Crippen LogP) is 3.03. The summed E-state index contributed by atoms with van der Waals surface area (Å²) in [5.41, 5.74) is 15.1. The van der Waals surface area contributed by atoms with Gasteiger partial charge in [-0.05, 0) is 46.7 Å². The topological polar surface area (TPSA) is 96.7 Å². The van der Waals surface area contributed by atoms with Gasteiger partial charge < -0.3 is 21.9 Å². The van der Waals surface area contributed by atoms with Crippen LogP contribution in [0, 0.1) is 0 Å². The Hall–Kier alpha value is -3.31. The van der Waals surface area contributed by atoms with Gasteiger partial charge in [0, 0.05) is 16.8 Å². The molecular weight excluding hydrogens is 312 g/mol. The number of rotatable bonds is 2. The number of hydrogen-bond acceptors (Lipinski definition) is 3. The van der Waals surface area contributed by atoms with Crippen LogP contribution in [-0.2, 0) is 0 Å². The highest BCUT2D eigenvalue weighted by atomic mass is 16.3. The molecule has 0 bridgehead atoms. The molecule has 0 saturated heterocycles. The number of nitrogens with two attached hydrogens (primary N) is 2. The molecule has 1 atom stereocenters. The van der Waals surface area contributed by atoms with Crippen LogP contribution >= 0.6 is 0 Å². The number of aliphatic hydroxyl groups is 1. The van der Waals surface area contributed by atoms with Crippen LogP contribution in [0.4, 0.5) is 11.4 Å². The van der Waals surface area contributed by atoms with Crippen LogP contribution < -0.4 is 16.8 Å². The molecule has 3 aromatic rings. The first-order valence-electron chi connectivity index (χ1n) is 7.99. The molecule has 0 aliphatic carbocycles. The summed E-state index contributed by atoms with van der Waals surface area (Å²) in [7, 11) is 0. The molecule has 1 unspecified atom stereocenters. The lowest BCUT2D eigenvalue weighted by atomic mass is 10.0. The number of fused-ring (bicyclic) bond motifs is 2. The Morgan fingerprint density at radius 2 is 1.80 bits per heavy atom. The molecule has 5 heteroatoms. The number of benzene rings is 3. The van der Waals surface area contributed by atoms with E-state index in [1.165, 1.54) is 5.39 Å². The van der Waals surface area contributed by atoms with Gasteiger partial charge in [0.25, 0.3) is 0 Å². The molecule has 6 N–H and O–H groups in total. The molecule has 0 aromatic heterocycles. The maximum Gasteiger partial charge on any atom is 0.191 e. The van der Waals surface area contributed by atoms with E-state index in [4.69, 9.17) is 11.5 Å². The Morgan fingerprint density at radius 1 is 1.00 bits per heavy atom. The molecule has 0 spiro atoms. The van der Waals surface area contributed by atoms with E-state index in [-0.39, 0.29) is 5.96 Å². The Morgan fingerprint density at radius 3 is 2.60 bits per heavy atom. The quantitative estimate of drug-likeness (QED) is 0.429. The van der Waals surface area contributed by atoms with Crippen LogP contribution in [0.1, 0.15) is 11.1 Å². The third kappa shape index (κ3) is 2.93. The van der Waals surface area contributed by atoms with Crippen molar-refractivity contribution in [3.05, 3.63) is 71.8 Å². The van der Waals surface area contributed by atoms with Gasteiger partial charge in [0.1, 0.15) is 0 Å². The van der Waals surface area contributed by atoms with Gasteiger partial charge in [-0.1, -0.05) is 36.4 Å². The number of anilines is 1. The number of guanidine groups is 1. The van der Waals surface area contributed by atoms with Crippen LogP contribution in [0.3, 0.4) is 0 Å². The van der Waals surface area contributed by atoms with Gasteiger partial charge in [-0.25, -0.2) is 4.99 Å². The monoisotopic (exact) mass is 330 g/mol. The first kappa shape index (κ1) is 15.2. The minimum atomic E-state index is -0.768. The van der Waals surface area contributed by atoms with Crippen molar-refractivity contribution in [2.45, 2.75) is 6.23 Å². The van der Waals surface area contributed by atoms with Crippen molar-refractivity contribution in [1.29, 1.82) is 0 Å². The lowest BCUT2D eigenvalue weighted by Gasteiger charge is -2.06. The van der Waals surface area contributed by atoms with Gasteiger partial charge in [-0.3, -0.25) is 0 Å². The standard InChI is InChI=1S/C20H18N4O/c21-20(22)23-15-7-8-18-16(11-15)17(19(25)24-18)10-12-5-6-13-3-1-2-4-14(13)9-12/h1-11,19,24-25H,(H4,21,22,23). The number of nitrogens with zero attached hydrogens (tertiary/aromatic N) is 1. The van der Waals surface area contributed by atoms with Gasteiger partial charge in [-0.2, -0.15) is 0 Å². The third-order valence-corrected chi connectivity index (χ3v) is 4.25. The van der Waals surface area contributed by atoms with Gasteiger partial charge in [0.2, 0.25) is 0 Å². The van der Waals surface area contributed by atoms with Crippen molar-refractivity contribution in [3.63, 3.8) is 0 Å². The maximum absolute atomic E-state index is 10.4. The second-order valence-corrected chi connectivity index (χ2v) is 6.02. The zero-order valence-corrected chi connectivity index (χ0v) is 13.5. The van der Waals surface area contributed by atoms with Gasteiger partial charge in [0.15, 0.2) is 12.2 Å². The fraction of sp³-hybridized carbons (Fsp3) is 0.0500. The lowest BCUT2D eigenvalue weighted by Crippen LogP contribution is -2.21. The summed E-state index contributed by atoms with van der Waals surface area (Å²) < 4.78 is 0. The van der Waals surface area contributed by atoms with Crippen molar-refractivity contribution in [1.82, 2.24) is 0 Å². The van der Waals surface area contributed by atoms with E-state index in [0.29, 0.717) is 5.69 Å². The van der Waals surface area contributed by atoms with E-state index in [1.807, 2.05) is 36.4 Å². The Bertz CT molecular complexity index is 1020. The molecular formula is C20H18N4O. The smallest absolute Gasteiger partial charge is 0.191 e. The SMILES string of the molecule is NC(N)=Nc1ccc2c(c1)C(=Cc1ccc3ccccc3c1)C(O)N2. The molecule has 3 aromatic carbocycles. The molecule has 25 heavy (non-hydrogen) atoms. The summed E-state index contributed by atoms with van der Waals surface area (Å²) in [4.78, 5) is 4.08. The summed E-state index contributed by atoms with van der Waals surface area (Å²) in [5.74, 6) is 0.00603. The number of nitrogens with one attached hydrogen (secondary N) is 1. The Labute approximate surface area is 145 Å². The summed E-state index contributed by atoms with van der Waals surface area (Å²) in [5, 5.41) is 15.8. The number of aliphatic hydroxyl groups excluding tert-OH is 1. The molecule has 5 nitrogen and oxygen atoms in total. The van der Waals surface area contributed by atoms with Gasteiger partial charge in [-0.15, -0.1) is 0 Å². The highest BCUT2D eigenvalue weighted by Crippen LogP contribution is 2.38. The second kappa shape index (κ2) is 5.96. The Balaban J connectivity index is 1.79. The van der Waals surface area contributed by atoms with Crippen molar-refractivity contribution < 1.29 is 5.11 Å². The van der Waals surface area contributed by atoms with Crippen molar-refractivity contribution in [2.24, 2.45) is 16.5 Å². The van der Waals surface area contributed by atoms with Crippen LogP contribution in [0.25, 0.3) is 22.4 Å². The Kier molecular flexibility index (Phi) is 3.63. The first-order valence-corrected chi connectivity index (χ1v) is 7.99. The van der Waals surface area contributed by atoms with Crippen molar-refractivity contribution >= 4 is 39.8 Å². The van der Waals surface area contributed by atoms with Crippen LogP contribution in [0.15, 0.2) is 65.7 Å². The normalized spacial score (nSPS) is 17.3. The summed E-state index contributed by atoms with van der Waals surface area (Å²) in [6, 6.07) is 19.9. The molecule has 0 saturated carbocycles. The minimum absolute atomic E-state index is 0.00603. The molecule has 0 fully saturated rings. The first-order chi connectivity index (χ1) is 12.1. The van der Waals surface area contributed by atoms with E-state index in [9.17, 15) is 5.11 Å². The maximum atomic E-state index is 10.4. The summed E-state index contributed by atoms with van der Waals surface area (Å²) >= 11 is 0. The van der Waals surface area contributed by atoms with Gasteiger partial charge >= 0.3 is 0 Å².